The van der Waals surface area contributed by atoms with Gasteiger partial charge in [0.1, 0.15) is 0 Å². The lowest BCUT2D eigenvalue weighted by molar-refractivity contribution is -0.121. The predicted molar refractivity (Wildman–Crippen MR) is 108 cm³/mol. The first-order valence-corrected chi connectivity index (χ1v) is 10.5. The topological polar surface area (TPSA) is 75.3 Å². The van der Waals surface area contributed by atoms with Gasteiger partial charge >= 0.3 is 0 Å². The highest BCUT2D eigenvalue weighted by Gasteiger charge is 2.04. The molecule has 1 unspecified atom stereocenters. The van der Waals surface area contributed by atoms with Gasteiger partial charge in [0, 0.05) is 19.5 Å². The molecule has 0 fully saturated rings. The Kier molecular flexibility index (Phi) is 18.8. The Labute approximate surface area is 155 Å². The molecule has 4 nitrogen and oxygen atoms in total. The van der Waals surface area contributed by atoms with E-state index in [1.165, 1.54) is 70.6 Å². The zero-order valence-corrected chi connectivity index (χ0v) is 16.5. The second-order valence-electron chi connectivity index (χ2n) is 7.03. The Bertz CT molecular complexity index is 319. The highest BCUT2D eigenvalue weighted by molar-refractivity contribution is 5.75. The Hall–Kier alpha value is -0.870. The number of unbranched alkanes of at least 4 members (excludes halogenated alkanes) is 11. The fourth-order valence-electron chi connectivity index (χ4n) is 2.76. The Balaban J connectivity index is 3.22. The van der Waals surface area contributed by atoms with E-state index in [0.717, 1.165) is 12.8 Å². The molecule has 0 aliphatic carbocycles. The minimum absolute atomic E-state index is 0.0186. The first-order chi connectivity index (χ1) is 12.2. The van der Waals surface area contributed by atoms with Crippen LogP contribution < -0.4 is 11.1 Å². The molecule has 0 saturated heterocycles. The van der Waals surface area contributed by atoms with E-state index in [4.69, 9.17) is 5.73 Å². The van der Waals surface area contributed by atoms with E-state index in [-0.39, 0.29) is 19.0 Å². The quantitative estimate of drug-likeness (QED) is 0.251. The van der Waals surface area contributed by atoms with E-state index in [1.54, 1.807) is 0 Å². The van der Waals surface area contributed by atoms with Gasteiger partial charge in [0.15, 0.2) is 0 Å². The second kappa shape index (κ2) is 19.5. The number of aliphatic hydroxyl groups excluding tert-OH is 1. The first-order valence-electron chi connectivity index (χ1n) is 10.5. The van der Waals surface area contributed by atoms with Crippen molar-refractivity contribution in [1.29, 1.82) is 0 Å². The van der Waals surface area contributed by atoms with Gasteiger partial charge in [-0.05, 0) is 32.1 Å². The summed E-state index contributed by atoms with van der Waals surface area (Å²) in [5, 5.41) is 12.0. The number of amides is 1. The molecule has 0 heterocycles. The lowest BCUT2D eigenvalue weighted by Gasteiger charge is -2.09. The zero-order chi connectivity index (χ0) is 18.6. The predicted octanol–water partition coefficient (Wildman–Crippen LogP) is 4.46. The summed E-state index contributed by atoms with van der Waals surface area (Å²) in [6.45, 7) is 2.71. The van der Waals surface area contributed by atoms with Crippen molar-refractivity contribution in [2.24, 2.45) is 5.73 Å². The van der Waals surface area contributed by atoms with E-state index >= 15 is 0 Å². The lowest BCUT2D eigenvalue weighted by atomic mass is 10.1. The van der Waals surface area contributed by atoms with E-state index < -0.39 is 6.10 Å². The van der Waals surface area contributed by atoms with E-state index in [1.807, 2.05) is 0 Å². The summed E-state index contributed by atoms with van der Waals surface area (Å²) in [7, 11) is 0. The molecule has 0 rings (SSSR count). The molecule has 0 aliphatic rings. The van der Waals surface area contributed by atoms with Crippen LogP contribution in [-0.4, -0.2) is 30.2 Å². The van der Waals surface area contributed by atoms with Crippen LogP contribution in [0.25, 0.3) is 0 Å². The number of carbonyl (C=O) groups is 1. The average molecular weight is 355 g/mol. The van der Waals surface area contributed by atoms with Crippen molar-refractivity contribution in [3.05, 3.63) is 12.2 Å². The first kappa shape index (κ1) is 24.1. The highest BCUT2D eigenvalue weighted by Crippen LogP contribution is 2.09. The number of allylic oxidation sites excluding steroid dienone is 2. The third-order valence-electron chi connectivity index (χ3n) is 4.47. The summed E-state index contributed by atoms with van der Waals surface area (Å²) in [6.07, 6.45) is 21.0. The van der Waals surface area contributed by atoms with E-state index in [2.05, 4.69) is 24.4 Å². The molecule has 4 heteroatoms. The SMILES string of the molecule is CCCCCCCC/C=C\CCCCCCCC(=O)NCC(O)CN. The van der Waals surface area contributed by atoms with Crippen LogP contribution in [-0.2, 0) is 4.79 Å². The summed E-state index contributed by atoms with van der Waals surface area (Å²) in [5.74, 6) is 0.0186. The molecular weight excluding hydrogens is 312 g/mol. The Morgan fingerprint density at radius 3 is 2.00 bits per heavy atom. The Morgan fingerprint density at radius 1 is 0.920 bits per heavy atom. The average Bonchev–Trinajstić information content (AvgIpc) is 2.62. The van der Waals surface area contributed by atoms with Gasteiger partial charge in [0.25, 0.3) is 0 Å². The van der Waals surface area contributed by atoms with Gasteiger partial charge in [0.2, 0.25) is 5.91 Å². The Morgan fingerprint density at radius 2 is 1.44 bits per heavy atom. The molecule has 0 aromatic carbocycles. The van der Waals surface area contributed by atoms with E-state index in [0.29, 0.717) is 6.42 Å². The molecule has 0 bridgehead atoms. The van der Waals surface area contributed by atoms with Gasteiger partial charge in [-0.3, -0.25) is 4.79 Å². The lowest BCUT2D eigenvalue weighted by Crippen LogP contribution is -2.35. The summed E-state index contributed by atoms with van der Waals surface area (Å²) in [5.41, 5.74) is 5.29. The minimum Gasteiger partial charge on any atom is -0.390 e. The van der Waals surface area contributed by atoms with Gasteiger partial charge < -0.3 is 16.2 Å². The molecule has 148 valence electrons. The second-order valence-corrected chi connectivity index (χ2v) is 7.03. The fraction of sp³-hybridized carbons (Fsp3) is 0.857. The van der Waals surface area contributed by atoms with Crippen LogP contribution in [0.2, 0.25) is 0 Å². The maximum absolute atomic E-state index is 11.5. The molecule has 0 saturated carbocycles. The third-order valence-corrected chi connectivity index (χ3v) is 4.47. The van der Waals surface area contributed by atoms with Gasteiger partial charge in [0.05, 0.1) is 6.10 Å². The van der Waals surface area contributed by atoms with Crippen LogP contribution in [0.1, 0.15) is 96.8 Å². The number of carbonyl (C=O) groups excluding carboxylic acids is 1. The van der Waals surface area contributed by atoms with Crippen molar-refractivity contribution in [3.63, 3.8) is 0 Å². The van der Waals surface area contributed by atoms with Crippen molar-refractivity contribution >= 4 is 5.91 Å². The third kappa shape index (κ3) is 19.3. The molecular formula is C21H42N2O2. The number of nitrogens with two attached hydrogens (primary N) is 1. The van der Waals surface area contributed by atoms with Gasteiger partial charge in [-0.25, -0.2) is 0 Å². The van der Waals surface area contributed by atoms with Crippen LogP contribution in [0.4, 0.5) is 0 Å². The molecule has 0 spiro atoms. The summed E-state index contributed by atoms with van der Waals surface area (Å²) in [6, 6.07) is 0. The number of hydrogen-bond acceptors (Lipinski definition) is 3. The van der Waals surface area contributed by atoms with Crippen molar-refractivity contribution in [3.8, 4) is 0 Å². The van der Waals surface area contributed by atoms with Crippen LogP contribution in [0, 0.1) is 0 Å². The van der Waals surface area contributed by atoms with Gasteiger partial charge in [-0.1, -0.05) is 70.4 Å². The molecule has 4 N–H and O–H groups in total. The fourth-order valence-corrected chi connectivity index (χ4v) is 2.76. The monoisotopic (exact) mass is 354 g/mol. The normalized spacial score (nSPS) is 12.6. The number of hydrogen-bond donors (Lipinski definition) is 3. The standard InChI is InChI=1S/C21H42N2O2/c1-2-3-4-5-6-7-8-9-10-11-12-13-14-15-16-17-21(25)23-19-20(24)18-22/h9-10,20,24H,2-8,11-19,22H2,1H3,(H,23,25)/b10-9-. The number of aliphatic hydroxyl groups is 1. The molecule has 0 aromatic rings. The van der Waals surface area contributed by atoms with Crippen molar-refractivity contribution in [2.45, 2.75) is 103 Å². The summed E-state index contributed by atoms with van der Waals surface area (Å²) >= 11 is 0. The molecule has 0 aromatic heterocycles. The van der Waals surface area contributed by atoms with Crippen LogP contribution >= 0.6 is 0 Å². The van der Waals surface area contributed by atoms with Crippen molar-refractivity contribution < 1.29 is 9.90 Å². The van der Waals surface area contributed by atoms with Crippen LogP contribution in [0.3, 0.4) is 0 Å². The largest absolute Gasteiger partial charge is 0.390 e. The smallest absolute Gasteiger partial charge is 0.220 e. The molecule has 25 heavy (non-hydrogen) atoms. The van der Waals surface area contributed by atoms with Crippen LogP contribution in [0.5, 0.6) is 0 Å². The van der Waals surface area contributed by atoms with Crippen LogP contribution in [0.15, 0.2) is 12.2 Å². The van der Waals surface area contributed by atoms with Crippen molar-refractivity contribution in [2.75, 3.05) is 13.1 Å². The summed E-state index contributed by atoms with van der Waals surface area (Å²) in [4.78, 5) is 11.5. The van der Waals surface area contributed by atoms with Gasteiger partial charge in [-0.15, -0.1) is 0 Å². The van der Waals surface area contributed by atoms with Crippen molar-refractivity contribution in [1.82, 2.24) is 5.32 Å². The number of nitrogens with one attached hydrogen (secondary N) is 1. The molecule has 1 amide bonds. The maximum atomic E-state index is 11.5. The van der Waals surface area contributed by atoms with Gasteiger partial charge in [-0.2, -0.15) is 0 Å². The molecule has 0 aliphatic heterocycles. The van der Waals surface area contributed by atoms with E-state index in [9.17, 15) is 9.90 Å². The molecule has 0 radical (unpaired) electrons. The minimum atomic E-state index is -0.627. The maximum Gasteiger partial charge on any atom is 0.220 e. The number of rotatable bonds is 18. The molecule has 1 atom stereocenters. The zero-order valence-electron chi connectivity index (χ0n) is 16.5. The summed E-state index contributed by atoms with van der Waals surface area (Å²) < 4.78 is 0. The highest BCUT2D eigenvalue weighted by atomic mass is 16.3.